The number of hydrogen-bond donors (Lipinski definition) is 1. The lowest BCUT2D eigenvalue weighted by Gasteiger charge is -2.29. The van der Waals surface area contributed by atoms with Gasteiger partial charge in [-0.1, -0.05) is 31.6 Å². The van der Waals surface area contributed by atoms with Crippen LogP contribution in [0.1, 0.15) is 31.1 Å². The lowest BCUT2D eigenvalue weighted by Crippen LogP contribution is -2.36. The number of hydrogen-bond acceptors (Lipinski definition) is 10. The topological polar surface area (TPSA) is 102 Å². The number of phenolic OH excluding ortho intramolecular Hbond substituents is 1. The number of nitrogens with zero attached hydrogens (tertiary/aromatic N) is 1. The molecule has 30 heavy (non-hydrogen) atoms. The molecule has 8 nitrogen and oxygen atoms in total. The van der Waals surface area contributed by atoms with Gasteiger partial charge < -0.3 is 24.2 Å². The van der Waals surface area contributed by atoms with Gasteiger partial charge in [0.2, 0.25) is 10.9 Å². The third kappa shape index (κ3) is 7.73. The molecule has 1 aromatic carbocycles. The highest BCUT2D eigenvalue weighted by molar-refractivity contribution is 8.82. The molecular formula is C20H27NO7S2. The highest BCUT2D eigenvalue weighted by Crippen LogP contribution is 2.31. The van der Waals surface area contributed by atoms with Crippen LogP contribution in [0.4, 0.5) is 10.5 Å². The molecule has 10 heteroatoms. The second-order valence-electron chi connectivity index (χ2n) is 7.55. The van der Waals surface area contributed by atoms with Crippen molar-refractivity contribution >= 4 is 44.3 Å². The van der Waals surface area contributed by atoms with Crippen LogP contribution >= 0.6 is 21.6 Å². The number of carbonyl (C=O) groups excluding carboxylic acids is 3. The lowest BCUT2D eigenvalue weighted by molar-refractivity contribution is -0.117. The first-order valence-corrected chi connectivity index (χ1v) is 11.8. The van der Waals surface area contributed by atoms with Crippen LogP contribution in [0.25, 0.3) is 0 Å². The average molecular weight is 458 g/mol. The second kappa shape index (κ2) is 11.5. The van der Waals surface area contributed by atoms with E-state index in [4.69, 9.17) is 14.2 Å². The number of ketones is 1. The van der Waals surface area contributed by atoms with Crippen LogP contribution in [-0.2, 0) is 19.0 Å². The largest absolute Gasteiger partial charge is 0.508 e. The van der Waals surface area contributed by atoms with Crippen molar-refractivity contribution in [3.8, 4) is 5.75 Å². The van der Waals surface area contributed by atoms with Gasteiger partial charge in [-0.15, -0.1) is 0 Å². The number of rotatable bonds is 8. The van der Waals surface area contributed by atoms with Crippen LogP contribution in [0, 0.1) is 5.41 Å². The lowest BCUT2D eigenvalue weighted by atomic mass is 10.00. The molecule has 0 bridgehead atoms. The van der Waals surface area contributed by atoms with Gasteiger partial charge in [0, 0.05) is 36.0 Å². The van der Waals surface area contributed by atoms with E-state index in [9.17, 15) is 19.5 Å². The van der Waals surface area contributed by atoms with Crippen LogP contribution in [0.15, 0.2) is 18.2 Å². The van der Waals surface area contributed by atoms with Crippen molar-refractivity contribution in [3.05, 3.63) is 23.8 Å². The number of Topliss-reactive ketones (excluding diaryl/α,β-unsaturated/α-hetero) is 1. The summed E-state index contributed by atoms with van der Waals surface area (Å²) in [6.45, 7) is 7.68. The van der Waals surface area contributed by atoms with Gasteiger partial charge in [0.25, 0.3) is 0 Å². The summed E-state index contributed by atoms with van der Waals surface area (Å²) >= 11 is 0. The minimum Gasteiger partial charge on any atom is -0.507 e. The van der Waals surface area contributed by atoms with E-state index >= 15 is 0 Å². The number of anilines is 1. The van der Waals surface area contributed by atoms with Gasteiger partial charge in [0.1, 0.15) is 12.4 Å². The molecule has 1 fully saturated rings. The smallest absolute Gasteiger partial charge is 0.507 e. The van der Waals surface area contributed by atoms with Gasteiger partial charge in [-0.25, -0.2) is 4.79 Å². The third-order valence-electron chi connectivity index (χ3n) is 4.11. The van der Waals surface area contributed by atoms with Crippen molar-refractivity contribution in [2.24, 2.45) is 5.41 Å². The number of morpholine rings is 1. The van der Waals surface area contributed by atoms with Crippen molar-refractivity contribution in [1.82, 2.24) is 0 Å². The Morgan fingerprint density at radius 2 is 1.87 bits per heavy atom. The first kappa shape index (κ1) is 24.4. The maximum atomic E-state index is 12.2. The summed E-state index contributed by atoms with van der Waals surface area (Å²) < 4.78 is 15.0. The fourth-order valence-corrected chi connectivity index (χ4v) is 4.51. The van der Waals surface area contributed by atoms with Crippen molar-refractivity contribution in [1.29, 1.82) is 0 Å². The predicted molar refractivity (Wildman–Crippen MR) is 117 cm³/mol. The minimum atomic E-state index is -0.972. The summed E-state index contributed by atoms with van der Waals surface area (Å²) in [6.07, 6.45) is -0.972. The molecule has 1 N–H and O–H groups in total. The molecule has 1 saturated heterocycles. The molecule has 0 radical (unpaired) electrons. The summed E-state index contributed by atoms with van der Waals surface area (Å²) in [5.74, 6) is -0.282. The number of carbonyl (C=O) groups is 3. The first-order valence-electron chi connectivity index (χ1n) is 9.51. The molecular weight excluding hydrogens is 430 g/mol. The zero-order valence-electron chi connectivity index (χ0n) is 17.3. The van der Waals surface area contributed by atoms with Crippen LogP contribution in [-0.4, -0.2) is 67.4 Å². The molecule has 166 valence electrons. The standard InChI is InChI=1S/C20H27NO7S2/c1-20(2,3)18(24)30-29-11-10-27-19(25)28-13-17(23)15-5-4-14(12-16(15)22)21-6-8-26-9-7-21/h4-5,12,22H,6-11,13H2,1-3H3. The van der Waals surface area contributed by atoms with Crippen molar-refractivity contribution < 1.29 is 33.7 Å². The fourth-order valence-electron chi connectivity index (χ4n) is 2.40. The van der Waals surface area contributed by atoms with E-state index in [1.807, 2.05) is 20.8 Å². The van der Waals surface area contributed by atoms with Crippen LogP contribution in [0.5, 0.6) is 5.75 Å². The Bertz CT molecular complexity index is 758. The predicted octanol–water partition coefficient (Wildman–Crippen LogP) is 3.52. The maximum absolute atomic E-state index is 12.2. The summed E-state index contributed by atoms with van der Waals surface area (Å²) in [4.78, 5) is 37.7. The molecule has 0 aliphatic carbocycles. The first-order chi connectivity index (χ1) is 14.2. The quantitative estimate of drug-likeness (QED) is 0.270. The molecule has 1 aliphatic heterocycles. The second-order valence-corrected chi connectivity index (χ2v) is 9.94. The molecule has 1 aromatic rings. The zero-order valence-corrected chi connectivity index (χ0v) is 19.0. The van der Waals surface area contributed by atoms with Gasteiger partial charge in [0.15, 0.2) is 6.61 Å². The Balaban J connectivity index is 1.70. The van der Waals surface area contributed by atoms with E-state index < -0.39 is 24.0 Å². The van der Waals surface area contributed by atoms with E-state index in [1.54, 1.807) is 6.07 Å². The van der Waals surface area contributed by atoms with E-state index in [1.165, 1.54) is 22.9 Å². The zero-order chi connectivity index (χ0) is 22.1. The third-order valence-corrected chi connectivity index (χ3v) is 6.64. The molecule has 0 aromatic heterocycles. The summed E-state index contributed by atoms with van der Waals surface area (Å²) in [6, 6.07) is 4.77. The molecule has 0 unspecified atom stereocenters. The number of phenols is 1. The molecule has 0 spiro atoms. The van der Waals surface area contributed by atoms with Gasteiger partial charge in [0.05, 0.1) is 18.8 Å². The Morgan fingerprint density at radius 3 is 2.50 bits per heavy atom. The highest BCUT2D eigenvalue weighted by atomic mass is 33.1. The average Bonchev–Trinajstić information content (AvgIpc) is 2.71. The van der Waals surface area contributed by atoms with E-state index in [-0.39, 0.29) is 23.0 Å². The highest BCUT2D eigenvalue weighted by Gasteiger charge is 2.22. The number of ether oxygens (including phenoxy) is 3. The van der Waals surface area contributed by atoms with Crippen molar-refractivity contribution in [2.75, 3.05) is 50.2 Å². The Kier molecular flexibility index (Phi) is 9.32. The van der Waals surface area contributed by atoms with Gasteiger partial charge in [-0.3, -0.25) is 9.59 Å². The maximum Gasteiger partial charge on any atom is 0.508 e. The number of aromatic hydroxyl groups is 1. The van der Waals surface area contributed by atoms with Crippen LogP contribution < -0.4 is 4.90 Å². The Labute approximate surface area is 184 Å². The van der Waals surface area contributed by atoms with Crippen LogP contribution in [0.2, 0.25) is 0 Å². The molecule has 0 amide bonds. The van der Waals surface area contributed by atoms with Gasteiger partial charge in [-0.2, -0.15) is 0 Å². The molecule has 1 heterocycles. The normalized spacial score (nSPS) is 14.3. The van der Waals surface area contributed by atoms with Crippen molar-refractivity contribution in [2.45, 2.75) is 20.8 Å². The van der Waals surface area contributed by atoms with Crippen LogP contribution in [0.3, 0.4) is 0 Å². The molecule has 0 saturated carbocycles. The fraction of sp³-hybridized carbons (Fsp3) is 0.550. The number of benzene rings is 1. The summed E-state index contributed by atoms with van der Waals surface area (Å²) in [5, 5.41) is 10.2. The van der Waals surface area contributed by atoms with E-state index in [0.29, 0.717) is 32.1 Å². The summed E-state index contributed by atoms with van der Waals surface area (Å²) in [7, 11) is 2.41. The van der Waals surface area contributed by atoms with Crippen molar-refractivity contribution in [3.63, 3.8) is 0 Å². The molecule has 2 rings (SSSR count). The van der Waals surface area contributed by atoms with Gasteiger partial charge in [-0.05, 0) is 22.9 Å². The molecule has 1 aliphatic rings. The molecule has 0 atom stereocenters. The van der Waals surface area contributed by atoms with Gasteiger partial charge >= 0.3 is 6.16 Å². The monoisotopic (exact) mass is 457 g/mol. The Hall–Kier alpha value is -1.91. The van der Waals surface area contributed by atoms with E-state index in [0.717, 1.165) is 16.5 Å². The SMILES string of the molecule is CC(C)(C)C(=O)SSCCOC(=O)OCC(=O)c1ccc(N2CCOCC2)cc1O. The van der Waals surface area contributed by atoms with E-state index in [2.05, 4.69) is 4.90 Å². The minimum absolute atomic E-state index is 0.0418. The Morgan fingerprint density at radius 1 is 1.17 bits per heavy atom. The summed E-state index contributed by atoms with van der Waals surface area (Å²) in [5.41, 5.74) is 0.449.